The minimum Gasteiger partial charge on any atom is -0.325 e. The van der Waals surface area contributed by atoms with Crippen LogP contribution in [-0.4, -0.2) is 26.8 Å². The Bertz CT molecular complexity index is 1080. The predicted octanol–water partition coefficient (Wildman–Crippen LogP) is 3.08. The van der Waals surface area contributed by atoms with Gasteiger partial charge in [-0.1, -0.05) is 18.2 Å². The minimum absolute atomic E-state index is 0.102. The highest BCUT2D eigenvalue weighted by Crippen LogP contribution is 2.17. The summed E-state index contributed by atoms with van der Waals surface area (Å²) >= 11 is 1.36. The number of carbonyl (C=O) groups excluding carboxylic acids is 2. The van der Waals surface area contributed by atoms with Gasteiger partial charge < -0.3 is 5.32 Å². The number of aromatic nitrogens is 2. The molecule has 1 aromatic carbocycles. The lowest BCUT2D eigenvalue weighted by Gasteiger charge is -2.09. The predicted molar refractivity (Wildman–Crippen MR) is 107 cm³/mol. The van der Waals surface area contributed by atoms with E-state index in [1.165, 1.54) is 29.2 Å². The van der Waals surface area contributed by atoms with Gasteiger partial charge in [-0.05, 0) is 37.6 Å². The maximum absolute atomic E-state index is 12.2. The van der Waals surface area contributed by atoms with Gasteiger partial charge in [0.05, 0.1) is 17.1 Å². The molecule has 0 fully saturated rings. The van der Waals surface area contributed by atoms with Crippen LogP contribution >= 0.6 is 11.8 Å². The van der Waals surface area contributed by atoms with Crippen molar-refractivity contribution in [3.05, 3.63) is 75.8 Å². The Hall–Kier alpha value is -2.93. The maximum Gasteiger partial charge on any atom is 0.258 e. The van der Waals surface area contributed by atoms with Gasteiger partial charge in [-0.15, -0.1) is 11.8 Å². The number of nitrogens with one attached hydrogen (secondary N) is 1. The molecule has 0 atom stereocenters. The SMILES string of the molecule is CC(=O)c1ccccc1NC(=O)CSCc1cc(=O)n2cc(C)ccc2n1. The molecule has 138 valence electrons. The third kappa shape index (κ3) is 4.62. The Morgan fingerprint density at radius 3 is 2.74 bits per heavy atom. The Morgan fingerprint density at radius 1 is 1.19 bits per heavy atom. The van der Waals surface area contributed by atoms with E-state index in [0.29, 0.717) is 28.3 Å². The second-order valence-corrected chi connectivity index (χ2v) is 7.15. The molecule has 0 aliphatic carbocycles. The van der Waals surface area contributed by atoms with Gasteiger partial charge in [0, 0.05) is 23.6 Å². The highest BCUT2D eigenvalue weighted by molar-refractivity contribution is 7.99. The number of para-hydroxylation sites is 1. The molecule has 0 saturated heterocycles. The average Bonchev–Trinajstić information content (AvgIpc) is 2.62. The second-order valence-electron chi connectivity index (χ2n) is 6.16. The Balaban J connectivity index is 1.62. The first-order valence-corrected chi connectivity index (χ1v) is 9.56. The number of ketones is 1. The fourth-order valence-corrected chi connectivity index (χ4v) is 3.38. The van der Waals surface area contributed by atoms with Crippen LogP contribution in [0.15, 0.2) is 53.5 Å². The number of pyridine rings is 1. The summed E-state index contributed by atoms with van der Waals surface area (Å²) in [5.74, 6) is 0.333. The smallest absolute Gasteiger partial charge is 0.258 e. The molecule has 27 heavy (non-hydrogen) atoms. The summed E-state index contributed by atoms with van der Waals surface area (Å²) < 4.78 is 1.51. The second kappa shape index (κ2) is 8.18. The molecule has 2 heterocycles. The van der Waals surface area contributed by atoms with Crippen LogP contribution in [0.4, 0.5) is 5.69 Å². The fraction of sp³-hybridized carbons (Fsp3) is 0.200. The van der Waals surface area contributed by atoms with E-state index in [9.17, 15) is 14.4 Å². The summed E-state index contributed by atoms with van der Waals surface area (Å²) in [5.41, 5.74) is 3.05. The largest absolute Gasteiger partial charge is 0.325 e. The molecule has 1 amide bonds. The van der Waals surface area contributed by atoms with Gasteiger partial charge in [-0.25, -0.2) is 4.98 Å². The first kappa shape index (κ1) is 18.8. The van der Waals surface area contributed by atoms with Gasteiger partial charge >= 0.3 is 0 Å². The molecule has 7 heteroatoms. The van der Waals surface area contributed by atoms with E-state index >= 15 is 0 Å². The number of benzene rings is 1. The van der Waals surface area contributed by atoms with E-state index in [2.05, 4.69) is 10.3 Å². The Labute approximate surface area is 160 Å². The van der Waals surface area contributed by atoms with Gasteiger partial charge in [0.25, 0.3) is 5.56 Å². The fourth-order valence-electron chi connectivity index (χ4n) is 2.67. The standard InChI is InChI=1S/C20H19N3O3S/c1-13-7-8-18-21-15(9-20(26)23(18)10-13)11-27-12-19(25)22-17-6-4-3-5-16(17)14(2)24/h3-10H,11-12H2,1-2H3,(H,22,25). The first-order chi connectivity index (χ1) is 12.9. The number of amides is 1. The summed E-state index contributed by atoms with van der Waals surface area (Å²) in [6.07, 6.45) is 1.75. The Kier molecular flexibility index (Phi) is 5.71. The van der Waals surface area contributed by atoms with E-state index in [4.69, 9.17) is 0 Å². The normalized spacial score (nSPS) is 10.7. The molecule has 0 spiro atoms. The molecule has 0 saturated carbocycles. The number of carbonyl (C=O) groups is 2. The molecule has 1 N–H and O–H groups in total. The van der Waals surface area contributed by atoms with Crippen molar-refractivity contribution in [3.63, 3.8) is 0 Å². The third-order valence-electron chi connectivity index (χ3n) is 3.92. The van der Waals surface area contributed by atoms with E-state index in [0.717, 1.165) is 5.56 Å². The highest BCUT2D eigenvalue weighted by atomic mass is 32.2. The lowest BCUT2D eigenvalue weighted by Crippen LogP contribution is -2.17. The van der Waals surface area contributed by atoms with Gasteiger partial charge in [0.15, 0.2) is 5.78 Å². The monoisotopic (exact) mass is 381 g/mol. The van der Waals surface area contributed by atoms with Gasteiger partial charge in [-0.2, -0.15) is 0 Å². The van der Waals surface area contributed by atoms with Crippen molar-refractivity contribution in [2.24, 2.45) is 0 Å². The van der Waals surface area contributed by atoms with E-state index in [-0.39, 0.29) is 23.0 Å². The Morgan fingerprint density at radius 2 is 1.96 bits per heavy atom. The number of Topliss-reactive ketones (excluding diaryl/α,β-unsaturated/α-hetero) is 1. The number of aryl methyl sites for hydroxylation is 1. The topological polar surface area (TPSA) is 80.5 Å². The molecule has 0 aliphatic heterocycles. The highest BCUT2D eigenvalue weighted by Gasteiger charge is 2.10. The number of hydrogen-bond donors (Lipinski definition) is 1. The lowest BCUT2D eigenvalue weighted by molar-refractivity contribution is -0.113. The molecule has 0 aliphatic rings. The average molecular weight is 381 g/mol. The van der Waals surface area contributed by atoms with Crippen molar-refractivity contribution in [2.75, 3.05) is 11.1 Å². The van der Waals surface area contributed by atoms with Gasteiger partial charge in [-0.3, -0.25) is 18.8 Å². The van der Waals surface area contributed by atoms with E-state index in [1.54, 1.807) is 36.5 Å². The zero-order valence-corrected chi connectivity index (χ0v) is 15.9. The summed E-state index contributed by atoms with van der Waals surface area (Å²) in [6.45, 7) is 3.38. The number of thioether (sulfide) groups is 1. The maximum atomic E-state index is 12.2. The van der Waals surface area contributed by atoms with E-state index in [1.807, 2.05) is 13.0 Å². The van der Waals surface area contributed by atoms with Crippen LogP contribution in [0.2, 0.25) is 0 Å². The van der Waals surface area contributed by atoms with Crippen LogP contribution in [0.25, 0.3) is 5.65 Å². The van der Waals surface area contributed by atoms with Crippen molar-refractivity contribution in [3.8, 4) is 0 Å². The molecule has 0 bridgehead atoms. The zero-order chi connectivity index (χ0) is 19.4. The number of hydrogen-bond acceptors (Lipinski definition) is 5. The number of fused-ring (bicyclic) bond motifs is 1. The van der Waals surface area contributed by atoms with Crippen molar-refractivity contribution in [2.45, 2.75) is 19.6 Å². The van der Waals surface area contributed by atoms with Gasteiger partial charge in [0.1, 0.15) is 5.65 Å². The summed E-state index contributed by atoms with van der Waals surface area (Å²) in [6, 6.07) is 12.1. The third-order valence-corrected chi connectivity index (χ3v) is 4.89. The van der Waals surface area contributed by atoms with Crippen molar-refractivity contribution < 1.29 is 9.59 Å². The summed E-state index contributed by atoms with van der Waals surface area (Å²) in [4.78, 5) is 40.4. The zero-order valence-electron chi connectivity index (χ0n) is 15.1. The molecule has 0 radical (unpaired) electrons. The number of nitrogens with zero attached hydrogens (tertiary/aromatic N) is 2. The minimum atomic E-state index is -0.207. The molecule has 2 aromatic heterocycles. The van der Waals surface area contributed by atoms with Crippen LogP contribution in [0.1, 0.15) is 28.5 Å². The molecule has 0 unspecified atom stereocenters. The quantitative estimate of drug-likeness (QED) is 0.664. The van der Waals surface area contributed by atoms with Crippen LogP contribution in [0.3, 0.4) is 0 Å². The molecular weight excluding hydrogens is 362 g/mol. The summed E-state index contributed by atoms with van der Waals surface area (Å²) in [5, 5.41) is 2.76. The molecule has 3 rings (SSSR count). The number of rotatable bonds is 6. The van der Waals surface area contributed by atoms with Crippen molar-refractivity contribution in [1.29, 1.82) is 0 Å². The first-order valence-electron chi connectivity index (χ1n) is 8.40. The lowest BCUT2D eigenvalue weighted by atomic mass is 10.1. The van der Waals surface area contributed by atoms with Crippen molar-refractivity contribution >= 4 is 34.8 Å². The van der Waals surface area contributed by atoms with E-state index < -0.39 is 0 Å². The van der Waals surface area contributed by atoms with Crippen LogP contribution in [-0.2, 0) is 10.5 Å². The van der Waals surface area contributed by atoms with Crippen molar-refractivity contribution in [1.82, 2.24) is 9.38 Å². The number of anilines is 1. The summed E-state index contributed by atoms with van der Waals surface area (Å²) in [7, 11) is 0. The van der Waals surface area contributed by atoms with Crippen LogP contribution < -0.4 is 10.9 Å². The molecule has 6 nitrogen and oxygen atoms in total. The molecule has 3 aromatic rings. The van der Waals surface area contributed by atoms with Crippen LogP contribution in [0.5, 0.6) is 0 Å². The van der Waals surface area contributed by atoms with Crippen LogP contribution in [0, 0.1) is 6.92 Å². The van der Waals surface area contributed by atoms with Gasteiger partial charge in [0.2, 0.25) is 5.91 Å². The molecular formula is C20H19N3O3S.